The van der Waals surface area contributed by atoms with Crippen molar-refractivity contribution in [3.63, 3.8) is 0 Å². The van der Waals surface area contributed by atoms with Crippen LogP contribution >= 0.6 is 0 Å². The van der Waals surface area contributed by atoms with E-state index in [2.05, 4.69) is 0 Å². The van der Waals surface area contributed by atoms with Crippen molar-refractivity contribution in [2.24, 2.45) is 0 Å². The van der Waals surface area contributed by atoms with Gasteiger partial charge in [-0.25, -0.2) is 0 Å². The van der Waals surface area contributed by atoms with Gasteiger partial charge in [-0.3, -0.25) is 0 Å². The first-order valence-corrected chi connectivity index (χ1v) is 5.08. The van der Waals surface area contributed by atoms with Crippen LogP contribution in [0.2, 0.25) is 5.32 Å². The van der Waals surface area contributed by atoms with Crippen LogP contribution < -0.4 is 0 Å². The van der Waals surface area contributed by atoms with Crippen LogP contribution in [0.25, 0.3) is 0 Å². The fraction of sp³-hybridized carbons (Fsp3) is 0.200. The molecule has 0 bridgehead atoms. The average molecular weight is 162 g/mol. The monoisotopic (exact) mass is 163 g/mol. The van der Waals surface area contributed by atoms with Crippen molar-refractivity contribution in [3.8, 4) is 0 Å². The summed E-state index contributed by atoms with van der Waals surface area (Å²) in [5, 5.41) is 0.899. The van der Waals surface area contributed by atoms with E-state index >= 15 is 0 Å². The van der Waals surface area contributed by atoms with Crippen molar-refractivity contribution in [1.82, 2.24) is 0 Å². The SMILES string of the molecule is O[Se]1C=CC=CC1. The van der Waals surface area contributed by atoms with Crippen LogP contribution in [0.15, 0.2) is 23.2 Å². The molecule has 0 aromatic rings. The molecule has 0 aromatic carbocycles. The van der Waals surface area contributed by atoms with Gasteiger partial charge in [-0.1, -0.05) is 0 Å². The van der Waals surface area contributed by atoms with E-state index in [0.717, 1.165) is 5.32 Å². The first kappa shape index (κ1) is 5.10. The van der Waals surface area contributed by atoms with Crippen molar-refractivity contribution in [2.75, 3.05) is 0 Å². The molecule has 39 valence electrons. The molecule has 7 heavy (non-hydrogen) atoms. The van der Waals surface area contributed by atoms with Crippen molar-refractivity contribution < 1.29 is 4.19 Å². The first-order chi connectivity index (χ1) is 3.39. The Morgan fingerprint density at radius 2 is 2.29 bits per heavy atom. The molecule has 0 aromatic heterocycles. The predicted octanol–water partition coefficient (Wildman–Crippen LogP) is 0.635. The maximum atomic E-state index is 8.90. The summed E-state index contributed by atoms with van der Waals surface area (Å²) in [6.45, 7) is 0. The number of hydrogen-bond acceptors (Lipinski definition) is 1. The zero-order valence-corrected chi connectivity index (χ0v) is 5.59. The van der Waals surface area contributed by atoms with Crippen molar-refractivity contribution >= 4 is 14.2 Å². The van der Waals surface area contributed by atoms with Crippen molar-refractivity contribution in [2.45, 2.75) is 5.32 Å². The van der Waals surface area contributed by atoms with Gasteiger partial charge >= 0.3 is 46.9 Å². The van der Waals surface area contributed by atoms with E-state index in [4.69, 9.17) is 4.19 Å². The van der Waals surface area contributed by atoms with E-state index in [-0.39, 0.29) is 0 Å². The molecule has 0 atom stereocenters. The Balaban J connectivity index is 2.49. The Kier molecular flexibility index (Phi) is 1.69. The number of hydrogen-bond donors (Lipinski definition) is 1. The third-order valence-electron chi connectivity index (χ3n) is 0.750. The van der Waals surface area contributed by atoms with Gasteiger partial charge in [0.15, 0.2) is 0 Å². The van der Waals surface area contributed by atoms with E-state index in [0.29, 0.717) is 0 Å². The third-order valence-corrected chi connectivity index (χ3v) is 2.86. The molecular formula is C5H7OSe. The van der Waals surface area contributed by atoms with Crippen LogP contribution in [0.4, 0.5) is 0 Å². The molecule has 1 heterocycles. The van der Waals surface area contributed by atoms with Gasteiger partial charge in [-0.15, -0.1) is 0 Å². The molecule has 1 N–H and O–H groups in total. The molecule has 0 aliphatic carbocycles. The Morgan fingerprint density at radius 3 is 2.57 bits per heavy atom. The predicted molar refractivity (Wildman–Crippen MR) is 31.1 cm³/mol. The summed E-state index contributed by atoms with van der Waals surface area (Å²) in [7, 11) is 0. The zero-order chi connectivity index (χ0) is 5.11. The molecule has 0 spiro atoms. The standard InChI is InChI=1S/C5H7OSe/c6-7-4-2-1-3-5-7/h1-4,6H,5H2. The molecule has 2 heteroatoms. The van der Waals surface area contributed by atoms with E-state index < -0.39 is 14.2 Å². The molecule has 0 amide bonds. The molecule has 1 aliphatic rings. The van der Waals surface area contributed by atoms with Gasteiger partial charge in [0.1, 0.15) is 0 Å². The summed E-state index contributed by atoms with van der Waals surface area (Å²) in [6.07, 6.45) is 5.88. The molecule has 1 radical (unpaired) electrons. The zero-order valence-electron chi connectivity index (χ0n) is 3.87. The van der Waals surface area contributed by atoms with E-state index in [1.165, 1.54) is 0 Å². The van der Waals surface area contributed by atoms with Gasteiger partial charge in [0, 0.05) is 0 Å². The Labute approximate surface area is 47.6 Å². The van der Waals surface area contributed by atoms with Crippen molar-refractivity contribution in [3.05, 3.63) is 23.2 Å². The normalized spacial score (nSPS) is 20.7. The van der Waals surface area contributed by atoms with Gasteiger partial charge in [-0.2, -0.15) is 0 Å². The molecule has 0 unspecified atom stereocenters. The van der Waals surface area contributed by atoms with Gasteiger partial charge in [0.2, 0.25) is 0 Å². The summed E-state index contributed by atoms with van der Waals surface area (Å²) in [4.78, 5) is 1.90. The van der Waals surface area contributed by atoms with Gasteiger partial charge in [0.05, 0.1) is 0 Å². The van der Waals surface area contributed by atoms with E-state index in [1.807, 2.05) is 23.2 Å². The van der Waals surface area contributed by atoms with E-state index in [9.17, 15) is 0 Å². The van der Waals surface area contributed by atoms with Crippen LogP contribution in [0.1, 0.15) is 0 Å². The molecule has 0 saturated carbocycles. The van der Waals surface area contributed by atoms with Crippen LogP contribution in [0.3, 0.4) is 0 Å². The maximum absolute atomic E-state index is 8.90. The quantitative estimate of drug-likeness (QED) is 0.518. The minimum atomic E-state index is -1.25. The summed E-state index contributed by atoms with van der Waals surface area (Å²) in [6, 6.07) is 0. The second-order valence-electron chi connectivity index (χ2n) is 1.32. The van der Waals surface area contributed by atoms with Crippen LogP contribution in [-0.4, -0.2) is 18.4 Å². The second kappa shape index (κ2) is 2.31. The fourth-order valence-corrected chi connectivity index (χ4v) is 1.88. The van der Waals surface area contributed by atoms with Crippen LogP contribution in [-0.2, 0) is 0 Å². The molecule has 0 saturated heterocycles. The van der Waals surface area contributed by atoms with E-state index in [1.54, 1.807) is 0 Å². The summed E-state index contributed by atoms with van der Waals surface area (Å²) in [5.74, 6) is 0. The van der Waals surface area contributed by atoms with Crippen LogP contribution in [0.5, 0.6) is 0 Å². The van der Waals surface area contributed by atoms with Gasteiger partial charge in [-0.05, 0) is 0 Å². The number of rotatable bonds is 0. The molecular weight excluding hydrogens is 155 g/mol. The Bertz CT molecular complexity index is 107. The average Bonchev–Trinajstić information content (AvgIpc) is 1.69. The molecule has 1 nitrogen and oxygen atoms in total. The summed E-state index contributed by atoms with van der Waals surface area (Å²) < 4.78 is 8.90. The molecule has 0 fully saturated rings. The van der Waals surface area contributed by atoms with Gasteiger partial charge < -0.3 is 0 Å². The summed E-state index contributed by atoms with van der Waals surface area (Å²) in [5.41, 5.74) is 0. The van der Waals surface area contributed by atoms with Crippen molar-refractivity contribution in [1.29, 1.82) is 0 Å². The second-order valence-corrected chi connectivity index (χ2v) is 4.28. The minimum absolute atomic E-state index is 0.899. The number of allylic oxidation sites excluding steroid dienone is 3. The Hall–Kier alpha value is -0.0405. The molecule has 1 aliphatic heterocycles. The van der Waals surface area contributed by atoms with Gasteiger partial charge in [0.25, 0.3) is 0 Å². The Morgan fingerprint density at radius 1 is 1.43 bits per heavy atom. The topological polar surface area (TPSA) is 20.2 Å². The third kappa shape index (κ3) is 1.47. The summed E-state index contributed by atoms with van der Waals surface area (Å²) >= 11 is -1.25. The first-order valence-electron chi connectivity index (χ1n) is 2.12. The van der Waals surface area contributed by atoms with Crippen LogP contribution in [0, 0.1) is 0 Å². The fourth-order valence-electron chi connectivity index (χ4n) is 0.424. The molecule has 1 rings (SSSR count).